The molecule has 0 aromatic rings. The minimum atomic E-state index is -1.21. The standard InChI is InChI=1S/C9H18F2/c1-2-3-4-5-6-7-9(11)8-10/h9H,2-8H2,1H3. The normalized spacial score (nSPS) is 13.4. The molecule has 0 aromatic heterocycles. The van der Waals surface area contributed by atoms with E-state index in [0.29, 0.717) is 6.42 Å². The molecule has 0 amide bonds. The molecular formula is C9H18F2. The van der Waals surface area contributed by atoms with Gasteiger partial charge in [0, 0.05) is 0 Å². The van der Waals surface area contributed by atoms with E-state index in [0.717, 1.165) is 19.3 Å². The van der Waals surface area contributed by atoms with Crippen molar-refractivity contribution in [3.05, 3.63) is 0 Å². The molecule has 0 heterocycles. The average molecular weight is 164 g/mol. The van der Waals surface area contributed by atoms with Gasteiger partial charge >= 0.3 is 0 Å². The maximum Gasteiger partial charge on any atom is 0.128 e. The Morgan fingerprint density at radius 3 is 2.27 bits per heavy atom. The predicted molar refractivity (Wildman–Crippen MR) is 44.2 cm³/mol. The summed E-state index contributed by atoms with van der Waals surface area (Å²) in [6.45, 7) is 1.33. The number of unbranched alkanes of at least 4 members (excludes halogenated alkanes) is 4. The van der Waals surface area contributed by atoms with Crippen molar-refractivity contribution >= 4 is 0 Å². The third kappa shape index (κ3) is 7.76. The molecule has 0 spiro atoms. The van der Waals surface area contributed by atoms with Crippen LogP contribution in [0.4, 0.5) is 8.78 Å². The summed E-state index contributed by atoms with van der Waals surface area (Å²) in [5, 5.41) is 0. The van der Waals surface area contributed by atoms with Gasteiger partial charge in [0.15, 0.2) is 0 Å². The van der Waals surface area contributed by atoms with Crippen molar-refractivity contribution in [2.75, 3.05) is 6.67 Å². The molecule has 0 rings (SSSR count). The van der Waals surface area contributed by atoms with Crippen LogP contribution < -0.4 is 0 Å². The molecule has 11 heavy (non-hydrogen) atoms. The molecule has 0 aromatic carbocycles. The van der Waals surface area contributed by atoms with Crippen LogP contribution in [0.1, 0.15) is 45.4 Å². The van der Waals surface area contributed by atoms with Crippen molar-refractivity contribution < 1.29 is 8.78 Å². The van der Waals surface area contributed by atoms with Crippen LogP contribution in [0, 0.1) is 0 Å². The number of hydrogen-bond acceptors (Lipinski definition) is 0. The van der Waals surface area contributed by atoms with Crippen LogP contribution in [0.15, 0.2) is 0 Å². The van der Waals surface area contributed by atoms with E-state index in [2.05, 4.69) is 6.92 Å². The topological polar surface area (TPSA) is 0 Å². The van der Waals surface area contributed by atoms with E-state index in [-0.39, 0.29) is 0 Å². The molecule has 0 aliphatic heterocycles. The van der Waals surface area contributed by atoms with E-state index in [4.69, 9.17) is 0 Å². The molecule has 0 N–H and O–H groups in total. The minimum Gasteiger partial charge on any atom is -0.248 e. The first-order valence-corrected chi connectivity index (χ1v) is 4.51. The molecular weight excluding hydrogens is 146 g/mol. The maximum absolute atomic E-state index is 12.3. The number of halogens is 2. The lowest BCUT2D eigenvalue weighted by Gasteiger charge is -2.02. The highest BCUT2D eigenvalue weighted by Crippen LogP contribution is 2.09. The third-order valence-corrected chi connectivity index (χ3v) is 1.79. The Morgan fingerprint density at radius 1 is 1.09 bits per heavy atom. The van der Waals surface area contributed by atoms with Crippen LogP contribution in [-0.2, 0) is 0 Å². The highest BCUT2D eigenvalue weighted by Gasteiger charge is 2.03. The molecule has 1 unspecified atom stereocenters. The smallest absolute Gasteiger partial charge is 0.128 e. The second kappa shape index (κ2) is 7.96. The van der Waals surface area contributed by atoms with Gasteiger partial charge in [-0.2, -0.15) is 0 Å². The summed E-state index contributed by atoms with van der Waals surface area (Å²) >= 11 is 0. The number of rotatable bonds is 7. The first-order chi connectivity index (χ1) is 5.31. The van der Waals surface area contributed by atoms with Gasteiger partial charge in [-0.15, -0.1) is 0 Å². The molecule has 0 bridgehead atoms. The Bertz CT molecular complexity index is 74.0. The zero-order valence-electron chi connectivity index (χ0n) is 7.28. The van der Waals surface area contributed by atoms with Gasteiger partial charge in [-0.05, 0) is 6.42 Å². The Balaban J connectivity index is 2.89. The number of alkyl halides is 2. The minimum absolute atomic E-state index is 0.403. The van der Waals surface area contributed by atoms with E-state index in [9.17, 15) is 8.78 Å². The van der Waals surface area contributed by atoms with E-state index in [1.807, 2.05) is 0 Å². The Labute approximate surface area is 68.0 Å². The molecule has 0 saturated heterocycles. The molecule has 0 aliphatic carbocycles. The lowest BCUT2D eigenvalue weighted by atomic mass is 10.1. The first-order valence-electron chi connectivity index (χ1n) is 4.51. The Morgan fingerprint density at radius 2 is 1.73 bits per heavy atom. The quantitative estimate of drug-likeness (QED) is 0.504. The molecule has 0 saturated carbocycles. The lowest BCUT2D eigenvalue weighted by molar-refractivity contribution is 0.241. The summed E-state index contributed by atoms with van der Waals surface area (Å²) in [6, 6.07) is 0. The van der Waals surface area contributed by atoms with Crippen molar-refractivity contribution in [3.8, 4) is 0 Å². The van der Waals surface area contributed by atoms with Crippen molar-refractivity contribution in [3.63, 3.8) is 0 Å². The summed E-state index contributed by atoms with van der Waals surface area (Å²) in [6.07, 6.45) is 4.65. The third-order valence-electron chi connectivity index (χ3n) is 1.79. The highest BCUT2D eigenvalue weighted by molar-refractivity contribution is 4.53. The van der Waals surface area contributed by atoms with Gasteiger partial charge in [0.25, 0.3) is 0 Å². The average Bonchev–Trinajstić information content (AvgIpc) is 2.04. The van der Waals surface area contributed by atoms with Crippen LogP contribution in [0.25, 0.3) is 0 Å². The molecule has 0 fully saturated rings. The molecule has 0 aliphatic rings. The van der Waals surface area contributed by atoms with E-state index >= 15 is 0 Å². The first kappa shape index (κ1) is 10.9. The van der Waals surface area contributed by atoms with Crippen LogP contribution in [0.5, 0.6) is 0 Å². The summed E-state index contributed by atoms with van der Waals surface area (Å²) in [5.41, 5.74) is 0. The van der Waals surface area contributed by atoms with E-state index in [1.54, 1.807) is 0 Å². The van der Waals surface area contributed by atoms with Crippen molar-refractivity contribution in [2.24, 2.45) is 0 Å². The van der Waals surface area contributed by atoms with Crippen molar-refractivity contribution in [1.82, 2.24) is 0 Å². The van der Waals surface area contributed by atoms with Crippen molar-refractivity contribution in [2.45, 2.75) is 51.6 Å². The summed E-state index contributed by atoms with van der Waals surface area (Å²) in [5.74, 6) is 0. The molecule has 68 valence electrons. The van der Waals surface area contributed by atoms with Gasteiger partial charge < -0.3 is 0 Å². The summed E-state index contributed by atoms with van der Waals surface area (Å²) in [7, 11) is 0. The largest absolute Gasteiger partial charge is 0.248 e. The molecule has 1 atom stereocenters. The Kier molecular flexibility index (Phi) is 7.86. The van der Waals surface area contributed by atoms with Crippen molar-refractivity contribution in [1.29, 1.82) is 0 Å². The fourth-order valence-corrected chi connectivity index (χ4v) is 1.05. The molecule has 0 radical (unpaired) electrons. The van der Waals surface area contributed by atoms with Gasteiger partial charge in [-0.25, -0.2) is 8.78 Å². The second-order valence-electron chi connectivity index (χ2n) is 2.95. The molecule has 2 heteroatoms. The van der Waals surface area contributed by atoms with Gasteiger partial charge in [0.1, 0.15) is 12.8 Å². The number of hydrogen-bond donors (Lipinski definition) is 0. The van der Waals surface area contributed by atoms with E-state index in [1.165, 1.54) is 12.8 Å². The highest BCUT2D eigenvalue weighted by atomic mass is 19.2. The van der Waals surface area contributed by atoms with E-state index < -0.39 is 12.8 Å². The van der Waals surface area contributed by atoms with Gasteiger partial charge in [-0.3, -0.25) is 0 Å². The van der Waals surface area contributed by atoms with Crippen LogP contribution in [-0.4, -0.2) is 12.8 Å². The van der Waals surface area contributed by atoms with Gasteiger partial charge in [0.2, 0.25) is 0 Å². The van der Waals surface area contributed by atoms with Crippen LogP contribution in [0.3, 0.4) is 0 Å². The van der Waals surface area contributed by atoms with Crippen LogP contribution in [0.2, 0.25) is 0 Å². The van der Waals surface area contributed by atoms with Gasteiger partial charge in [0.05, 0.1) is 0 Å². The SMILES string of the molecule is CCCCCCCC(F)CF. The zero-order valence-corrected chi connectivity index (χ0v) is 7.28. The van der Waals surface area contributed by atoms with Gasteiger partial charge in [-0.1, -0.05) is 39.0 Å². The summed E-state index contributed by atoms with van der Waals surface area (Å²) in [4.78, 5) is 0. The zero-order chi connectivity index (χ0) is 8.53. The maximum atomic E-state index is 12.3. The second-order valence-corrected chi connectivity index (χ2v) is 2.95. The monoisotopic (exact) mass is 164 g/mol. The lowest BCUT2D eigenvalue weighted by Crippen LogP contribution is -2.01. The predicted octanol–water partition coefficient (Wildman–Crippen LogP) is 3.65. The Hall–Kier alpha value is -0.140. The molecule has 0 nitrogen and oxygen atoms in total. The fraction of sp³-hybridized carbons (Fsp3) is 1.00. The fourth-order valence-electron chi connectivity index (χ4n) is 1.05. The van der Waals surface area contributed by atoms with Crippen LogP contribution >= 0.6 is 0 Å². The summed E-state index contributed by atoms with van der Waals surface area (Å²) < 4.78 is 23.9.